The normalized spacial score (nSPS) is 12.6. The number of hydrogen-bond donors (Lipinski definition) is 0. The third-order valence-electron chi connectivity index (χ3n) is 2.19. The minimum atomic E-state index is 0.850. The molecule has 0 atom stereocenters. The van der Waals surface area contributed by atoms with Gasteiger partial charge in [-0.25, -0.2) is 0 Å². The van der Waals surface area contributed by atoms with Gasteiger partial charge in [-0.15, -0.1) is 0 Å². The summed E-state index contributed by atoms with van der Waals surface area (Å²) in [6.45, 7) is 10.6. The third-order valence-corrected chi connectivity index (χ3v) is 2.19. The third kappa shape index (κ3) is 6.45. The van der Waals surface area contributed by atoms with Gasteiger partial charge in [-0.3, -0.25) is 0 Å². The molecule has 0 aromatic rings. The van der Waals surface area contributed by atoms with Gasteiger partial charge in [-0.2, -0.15) is 0 Å². The first-order valence-electron chi connectivity index (χ1n) is 5.14. The summed E-state index contributed by atoms with van der Waals surface area (Å²) in [4.78, 5) is 0. The molecule has 0 aliphatic rings. The predicted octanol–water partition coefficient (Wildman–Crippen LogP) is 4.37. The van der Waals surface area contributed by atoms with E-state index in [-0.39, 0.29) is 0 Å². The van der Waals surface area contributed by atoms with Gasteiger partial charge in [-0.1, -0.05) is 38.8 Å². The zero-order valence-electron chi connectivity index (χ0n) is 8.90. The number of allylic oxidation sites excluding steroid dienone is 2. The maximum atomic E-state index is 3.88. The van der Waals surface area contributed by atoms with Gasteiger partial charge >= 0.3 is 0 Å². The first kappa shape index (κ1) is 11.7. The molecule has 0 heteroatoms. The van der Waals surface area contributed by atoms with Crippen molar-refractivity contribution in [3.05, 3.63) is 18.6 Å². The van der Waals surface area contributed by atoms with E-state index in [9.17, 15) is 0 Å². The quantitative estimate of drug-likeness (QED) is 0.515. The van der Waals surface area contributed by atoms with Crippen LogP contribution in [0, 0.1) is 12.8 Å². The fourth-order valence-corrected chi connectivity index (χ4v) is 1.38. The second-order valence-electron chi connectivity index (χ2n) is 3.84. The lowest BCUT2D eigenvalue weighted by Gasteiger charge is -2.06. The summed E-state index contributed by atoms with van der Waals surface area (Å²) >= 11 is 0. The van der Waals surface area contributed by atoms with Crippen molar-refractivity contribution in [2.24, 2.45) is 5.92 Å². The molecule has 0 bridgehead atoms. The Labute approximate surface area is 78.1 Å². The molecule has 0 saturated carbocycles. The largest absolute Gasteiger partial charge is 0.0885 e. The van der Waals surface area contributed by atoms with Crippen LogP contribution in [0.25, 0.3) is 0 Å². The number of rotatable bonds is 6. The molecular formula is C12H23. The maximum absolute atomic E-state index is 3.88. The summed E-state index contributed by atoms with van der Waals surface area (Å²) in [5, 5.41) is 0. The average molecular weight is 167 g/mol. The molecule has 0 amide bonds. The SMILES string of the molecule is [CH2]CCC(=CC)CCCC(C)C. The fourth-order valence-electron chi connectivity index (χ4n) is 1.38. The Balaban J connectivity index is 3.46. The second kappa shape index (κ2) is 7.39. The molecule has 0 aromatic carbocycles. The molecular weight excluding hydrogens is 144 g/mol. The predicted molar refractivity (Wildman–Crippen MR) is 57.0 cm³/mol. The Morgan fingerprint density at radius 1 is 1.33 bits per heavy atom. The minimum absolute atomic E-state index is 0.850. The van der Waals surface area contributed by atoms with E-state index in [0.717, 1.165) is 12.3 Å². The van der Waals surface area contributed by atoms with Gasteiger partial charge < -0.3 is 0 Å². The molecule has 1 radical (unpaired) electrons. The first-order chi connectivity index (χ1) is 5.70. The molecule has 0 aromatic heterocycles. The van der Waals surface area contributed by atoms with E-state index >= 15 is 0 Å². The van der Waals surface area contributed by atoms with Crippen LogP contribution in [0.5, 0.6) is 0 Å². The van der Waals surface area contributed by atoms with Crippen LogP contribution < -0.4 is 0 Å². The fraction of sp³-hybridized carbons (Fsp3) is 0.750. The molecule has 0 rings (SSSR count). The van der Waals surface area contributed by atoms with Crippen molar-refractivity contribution in [3.8, 4) is 0 Å². The molecule has 0 fully saturated rings. The monoisotopic (exact) mass is 167 g/mol. The van der Waals surface area contributed by atoms with E-state index in [0.29, 0.717) is 0 Å². The van der Waals surface area contributed by atoms with Crippen molar-refractivity contribution in [1.82, 2.24) is 0 Å². The molecule has 0 saturated heterocycles. The van der Waals surface area contributed by atoms with Gasteiger partial charge in [-0.05, 0) is 38.5 Å². The van der Waals surface area contributed by atoms with Crippen LogP contribution in [0.2, 0.25) is 0 Å². The smallest absolute Gasteiger partial charge is 0.0320 e. The molecule has 0 heterocycles. The molecule has 0 aliphatic carbocycles. The van der Waals surface area contributed by atoms with E-state index in [4.69, 9.17) is 0 Å². The molecule has 0 nitrogen and oxygen atoms in total. The Bertz CT molecular complexity index is 120. The summed E-state index contributed by atoms with van der Waals surface area (Å²) in [7, 11) is 0. The molecule has 0 unspecified atom stereocenters. The Kier molecular flexibility index (Phi) is 7.23. The van der Waals surface area contributed by atoms with Crippen LogP contribution in [0.1, 0.15) is 52.9 Å². The lowest BCUT2D eigenvalue weighted by Crippen LogP contribution is -1.89. The van der Waals surface area contributed by atoms with Crippen molar-refractivity contribution in [3.63, 3.8) is 0 Å². The van der Waals surface area contributed by atoms with Crippen LogP contribution in [-0.2, 0) is 0 Å². The summed E-state index contributed by atoms with van der Waals surface area (Å²) in [5.74, 6) is 0.850. The van der Waals surface area contributed by atoms with Crippen molar-refractivity contribution < 1.29 is 0 Å². The van der Waals surface area contributed by atoms with E-state index < -0.39 is 0 Å². The van der Waals surface area contributed by atoms with Crippen LogP contribution in [-0.4, -0.2) is 0 Å². The Morgan fingerprint density at radius 3 is 2.42 bits per heavy atom. The maximum Gasteiger partial charge on any atom is -0.0320 e. The van der Waals surface area contributed by atoms with Crippen molar-refractivity contribution >= 4 is 0 Å². The summed E-state index contributed by atoms with van der Waals surface area (Å²) in [6.07, 6.45) is 8.47. The van der Waals surface area contributed by atoms with E-state index in [1.165, 1.54) is 25.7 Å². The molecule has 0 spiro atoms. The van der Waals surface area contributed by atoms with E-state index in [1.54, 1.807) is 5.57 Å². The second-order valence-corrected chi connectivity index (χ2v) is 3.84. The minimum Gasteiger partial charge on any atom is -0.0885 e. The topological polar surface area (TPSA) is 0 Å². The van der Waals surface area contributed by atoms with Gasteiger partial charge in [0.15, 0.2) is 0 Å². The molecule has 12 heavy (non-hydrogen) atoms. The molecule has 71 valence electrons. The van der Waals surface area contributed by atoms with Gasteiger partial charge in [0.2, 0.25) is 0 Å². The highest BCUT2D eigenvalue weighted by Gasteiger charge is 1.97. The lowest BCUT2D eigenvalue weighted by atomic mass is 10.00. The van der Waals surface area contributed by atoms with Crippen LogP contribution in [0.4, 0.5) is 0 Å². The highest BCUT2D eigenvalue weighted by atomic mass is 14.0. The zero-order valence-corrected chi connectivity index (χ0v) is 8.90. The van der Waals surface area contributed by atoms with Crippen molar-refractivity contribution in [1.29, 1.82) is 0 Å². The van der Waals surface area contributed by atoms with Crippen molar-refractivity contribution in [2.75, 3.05) is 0 Å². The zero-order chi connectivity index (χ0) is 9.40. The Morgan fingerprint density at radius 2 is 2.00 bits per heavy atom. The van der Waals surface area contributed by atoms with Crippen molar-refractivity contribution in [2.45, 2.75) is 52.9 Å². The van der Waals surface area contributed by atoms with Gasteiger partial charge in [0.25, 0.3) is 0 Å². The van der Waals surface area contributed by atoms with Gasteiger partial charge in [0, 0.05) is 0 Å². The lowest BCUT2D eigenvalue weighted by molar-refractivity contribution is 0.551. The van der Waals surface area contributed by atoms with Gasteiger partial charge in [0.1, 0.15) is 0 Å². The van der Waals surface area contributed by atoms with Crippen LogP contribution in [0.3, 0.4) is 0 Å². The molecule has 0 N–H and O–H groups in total. The number of hydrogen-bond acceptors (Lipinski definition) is 0. The van der Waals surface area contributed by atoms with Gasteiger partial charge in [0.05, 0.1) is 0 Å². The summed E-state index contributed by atoms with van der Waals surface area (Å²) < 4.78 is 0. The standard InChI is InChI=1S/C12H23/c1-5-8-12(6-2)10-7-9-11(3)4/h6,11H,1,5,7-10H2,2-4H3. The highest BCUT2D eigenvalue weighted by Crippen LogP contribution is 2.15. The average Bonchev–Trinajstić information content (AvgIpc) is 2.02. The molecule has 0 aliphatic heterocycles. The summed E-state index contributed by atoms with van der Waals surface area (Å²) in [5.41, 5.74) is 1.59. The van der Waals surface area contributed by atoms with E-state index in [1.807, 2.05) is 0 Å². The first-order valence-corrected chi connectivity index (χ1v) is 5.14. The highest BCUT2D eigenvalue weighted by molar-refractivity contribution is 5.00. The summed E-state index contributed by atoms with van der Waals surface area (Å²) in [6, 6.07) is 0. The van der Waals surface area contributed by atoms with Crippen LogP contribution >= 0.6 is 0 Å². The Hall–Kier alpha value is -0.260. The van der Waals surface area contributed by atoms with Crippen LogP contribution in [0.15, 0.2) is 11.6 Å². The van der Waals surface area contributed by atoms with E-state index in [2.05, 4.69) is 33.8 Å².